The van der Waals surface area contributed by atoms with Crippen LogP contribution in [0.2, 0.25) is 0 Å². The second-order valence-corrected chi connectivity index (χ2v) is 8.49. The van der Waals surface area contributed by atoms with Gasteiger partial charge in [0.25, 0.3) is 5.56 Å². The number of benzene rings is 3. The van der Waals surface area contributed by atoms with Gasteiger partial charge in [-0.25, -0.2) is 4.79 Å². The molecule has 0 saturated carbocycles. The molecule has 1 aliphatic heterocycles. The molecular formula is C28H27N3O5. The number of nitrogens with one attached hydrogen (secondary N) is 2. The van der Waals surface area contributed by atoms with Crippen LogP contribution >= 0.6 is 0 Å². The van der Waals surface area contributed by atoms with Gasteiger partial charge in [-0.05, 0) is 54.4 Å². The van der Waals surface area contributed by atoms with E-state index in [1.807, 2.05) is 79.7 Å². The molecule has 0 atom stereocenters. The minimum atomic E-state index is -0.279. The lowest BCUT2D eigenvalue weighted by Crippen LogP contribution is -2.39. The summed E-state index contributed by atoms with van der Waals surface area (Å²) in [5.41, 5.74) is 2.80. The molecule has 184 valence electrons. The van der Waals surface area contributed by atoms with Gasteiger partial charge < -0.3 is 29.4 Å². The number of ether oxygens (including phenoxy) is 3. The fraction of sp³-hybridized carbons (Fsp3) is 0.214. The monoisotopic (exact) mass is 485 g/mol. The molecule has 1 aromatic heterocycles. The Kier molecular flexibility index (Phi) is 6.75. The average molecular weight is 486 g/mol. The molecule has 1 aliphatic rings. The first-order valence-electron chi connectivity index (χ1n) is 11.8. The number of aromatic nitrogens is 1. The van der Waals surface area contributed by atoms with Crippen LogP contribution in [-0.4, -0.2) is 29.3 Å². The molecular weight excluding hydrogens is 458 g/mol. The molecule has 8 heteroatoms. The number of hydrogen-bond donors (Lipinski definition) is 2. The van der Waals surface area contributed by atoms with E-state index in [-0.39, 0.29) is 31.5 Å². The maximum Gasteiger partial charge on any atom is 0.318 e. The fourth-order valence-corrected chi connectivity index (χ4v) is 4.15. The maximum absolute atomic E-state index is 13.3. The third-order valence-electron chi connectivity index (χ3n) is 5.95. The van der Waals surface area contributed by atoms with Crippen LogP contribution in [-0.2, 0) is 19.6 Å². The van der Waals surface area contributed by atoms with Crippen LogP contribution in [0, 0.1) is 0 Å². The van der Waals surface area contributed by atoms with E-state index in [0.29, 0.717) is 35.7 Å². The first kappa shape index (κ1) is 23.3. The van der Waals surface area contributed by atoms with E-state index >= 15 is 0 Å². The number of nitrogens with zero attached hydrogens (tertiary/aromatic N) is 1. The standard InChI is InChI=1S/C28H27N3O5/c1-2-34-23-9-10-24-21(14-23)13-22(27(32)30-24)17-31(28(33)29-15-19-6-4-3-5-7-19)16-20-8-11-25-26(12-20)36-18-35-25/h3-14H,2,15-18H2,1H3,(H,29,33)(H,30,32). The Morgan fingerprint density at radius 3 is 2.64 bits per heavy atom. The summed E-state index contributed by atoms with van der Waals surface area (Å²) in [5, 5.41) is 3.81. The highest BCUT2D eigenvalue weighted by Gasteiger charge is 2.19. The highest BCUT2D eigenvalue weighted by Crippen LogP contribution is 2.33. The number of fused-ring (bicyclic) bond motifs is 2. The van der Waals surface area contributed by atoms with Crippen molar-refractivity contribution in [1.82, 2.24) is 15.2 Å². The molecule has 3 aromatic carbocycles. The topological polar surface area (TPSA) is 92.9 Å². The number of carbonyl (C=O) groups excluding carboxylic acids is 1. The second kappa shape index (κ2) is 10.4. The lowest BCUT2D eigenvalue weighted by atomic mass is 10.1. The van der Waals surface area contributed by atoms with E-state index in [4.69, 9.17) is 14.2 Å². The van der Waals surface area contributed by atoms with Gasteiger partial charge in [0, 0.05) is 29.6 Å². The minimum absolute atomic E-state index is 0.124. The van der Waals surface area contributed by atoms with Gasteiger partial charge in [0.15, 0.2) is 11.5 Å². The van der Waals surface area contributed by atoms with Gasteiger partial charge in [-0.15, -0.1) is 0 Å². The van der Waals surface area contributed by atoms with E-state index in [2.05, 4.69) is 10.3 Å². The number of hydrogen-bond acceptors (Lipinski definition) is 5. The predicted octanol–water partition coefficient (Wildman–Crippen LogP) is 4.57. The zero-order valence-corrected chi connectivity index (χ0v) is 20.0. The first-order valence-corrected chi connectivity index (χ1v) is 11.8. The summed E-state index contributed by atoms with van der Waals surface area (Å²) in [5.74, 6) is 2.04. The van der Waals surface area contributed by atoms with Gasteiger partial charge in [-0.1, -0.05) is 36.4 Å². The summed E-state index contributed by atoms with van der Waals surface area (Å²) in [6, 6.07) is 22.3. The van der Waals surface area contributed by atoms with Gasteiger partial charge in [0.05, 0.1) is 13.2 Å². The van der Waals surface area contributed by atoms with E-state index in [1.54, 1.807) is 4.90 Å². The molecule has 4 aromatic rings. The van der Waals surface area contributed by atoms with Crippen LogP contribution in [0.1, 0.15) is 23.6 Å². The lowest BCUT2D eigenvalue weighted by Gasteiger charge is -2.23. The number of urea groups is 1. The highest BCUT2D eigenvalue weighted by molar-refractivity contribution is 5.81. The fourth-order valence-electron chi connectivity index (χ4n) is 4.15. The van der Waals surface area contributed by atoms with Crippen molar-refractivity contribution in [3.05, 3.63) is 99.8 Å². The van der Waals surface area contributed by atoms with Gasteiger partial charge in [0.2, 0.25) is 6.79 Å². The zero-order chi connectivity index (χ0) is 24.9. The summed E-state index contributed by atoms with van der Waals surface area (Å²) in [7, 11) is 0. The molecule has 0 spiro atoms. The number of aromatic amines is 1. The van der Waals surface area contributed by atoms with Crippen LogP contribution in [0.3, 0.4) is 0 Å². The van der Waals surface area contributed by atoms with Crippen molar-refractivity contribution in [1.29, 1.82) is 0 Å². The van der Waals surface area contributed by atoms with Crippen molar-refractivity contribution in [3.8, 4) is 17.2 Å². The molecule has 5 rings (SSSR count). The van der Waals surface area contributed by atoms with Gasteiger partial charge in [0.1, 0.15) is 5.75 Å². The zero-order valence-electron chi connectivity index (χ0n) is 20.0. The second-order valence-electron chi connectivity index (χ2n) is 8.49. The molecule has 36 heavy (non-hydrogen) atoms. The molecule has 0 bridgehead atoms. The van der Waals surface area contributed by atoms with Crippen LogP contribution in [0.4, 0.5) is 4.79 Å². The van der Waals surface area contributed by atoms with Crippen molar-refractivity contribution < 1.29 is 19.0 Å². The summed E-state index contributed by atoms with van der Waals surface area (Å²) in [4.78, 5) is 30.7. The van der Waals surface area contributed by atoms with Crippen LogP contribution < -0.4 is 25.1 Å². The van der Waals surface area contributed by atoms with E-state index in [9.17, 15) is 9.59 Å². The molecule has 0 fully saturated rings. The summed E-state index contributed by atoms with van der Waals surface area (Å²) in [6.45, 7) is 3.43. The molecule has 0 unspecified atom stereocenters. The Labute approximate surface area is 208 Å². The lowest BCUT2D eigenvalue weighted by molar-refractivity contribution is 0.173. The van der Waals surface area contributed by atoms with Crippen molar-refractivity contribution in [3.63, 3.8) is 0 Å². The Bertz CT molecular complexity index is 1430. The predicted molar refractivity (Wildman–Crippen MR) is 136 cm³/mol. The third-order valence-corrected chi connectivity index (χ3v) is 5.95. The van der Waals surface area contributed by atoms with E-state index < -0.39 is 0 Å². The molecule has 0 saturated heterocycles. The van der Waals surface area contributed by atoms with Crippen molar-refractivity contribution in [2.45, 2.75) is 26.6 Å². The number of rotatable bonds is 8. The smallest absolute Gasteiger partial charge is 0.318 e. The molecule has 2 N–H and O–H groups in total. The van der Waals surface area contributed by atoms with E-state index in [1.165, 1.54) is 0 Å². The maximum atomic E-state index is 13.3. The number of pyridine rings is 1. The third kappa shape index (κ3) is 5.27. The number of H-pyrrole nitrogens is 1. The Morgan fingerprint density at radius 1 is 0.972 bits per heavy atom. The van der Waals surface area contributed by atoms with Gasteiger partial charge in [-0.2, -0.15) is 0 Å². The van der Waals surface area contributed by atoms with Crippen molar-refractivity contribution in [2.24, 2.45) is 0 Å². The summed E-state index contributed by atoms with van der Waals surface area (Å²) >= 11 is 0. The largest absolute Gasteiger partial charge is 0.494 e. The summed E-state index contributed by atoms with van der Waals surface area (Å²) in [6.07, 6.45) is 0. The SMILES string of the molecule is CCOc1ccc2[nH]c(=O)c(CN(Cc3ccc4c(c3)OCO4)C(=O)NCc3ccccc3)cc2c1. The molecule has 0 aliphatic carbocycles. The first-order chi connectivity index (χ1) is 17.6. The average Bonchev–Trinajstić information content (AvgIpc) is 3.36. The molecule has 2 amide bonds. The normalized spacial score (nSPS) is 11.9. The Balaban J connectivity index is 1.42. The van der Waals surface area contributed by atoms with Crippen LogP contribution in [0.15, 0.2) is 77.6 Å². The Hall–Kier alpha value is -4.46. The molecule has 0 radical (unpaired) electrons. The van der Waals surface area contributed by atoms with E-state index in [0.717, 1.165) is 22.3 Å². The Morgan fingerprint density at radius 2 is 1.81 bits per heavy atom. The van der Waals surface area contributed by atoms with Crippen LogP contribution in [0.5, 0.6) is 17.2 Å². The quantitative estimate of drug-likeness (QED) is 0.382. The van der Waals surface area contributed by atoms with Crippen LogP contribution in [0.25, 0.3) is 10.9 Å². The molecule has 2 heterocycles. The van der Waals surface area contributed by atoms with Crippen molar-refractivity contribution in [2.75, 3.05) is 13.4 Å². The number of amides is 2. The highest BCUT2D eigenvalue weighted by atomic mass is 16.7. The number of carbonyl (C=O) groups is 1. The summed E-state index contributed by atoms with van der Waals surface area (Å²) < 4.78 is 16.5. The minimum Gasteiger partial charge on any atom is -0.494 e. The van der Waals surface area contributed by atoms with Gasteiger partial charge in [-0.3, -0.25) is 4.79 Å². The van der Waals surface area contributed by atoms with Crippen molar-refractivity contribution >= 4 is 16.9 Å². The van der Waals surface area contributed by atoms with Gasteiger partial charge >= 0.3 is 6.03 Å². The molecule has 8 nitrogen and oxygen atoms in total.